The Balaban J connectivity index is 2.01. The minimum atomic E-state index is -2.61. The molecule has 5 nitrogen and oxygen atoms in total. The van der Waals surface area contributed by atoms with Crippen LogP contribution in [0.5, 0.6) is 0 Å². The molecule has 98 valence electrons. The van der Waals surface area contributed by atoms with Gasteiger partial charge in [0, 0.05) is 12.7 Å². The summed E-state index contributed by atoms with van der Waals surface area (Å²) in [6.45, 7) is 2.37. The van der Waals surface area contributed by atoms with Crippen LogP contribution < -0.4 is 5.32 Å². The molecule has 0 fully saturated rings. The average molecular weight is 255 g/mol. The van der Waals surface area contributed by atoms with Crippen molar-refractivity contribution in [2.75, 3.05) is 5.32 Å². The molecule has 2 heterocycles. The molecule has 0 saturated heterocycles. The van der Waals surface area contributed by atoms with Crippen LogP contribution in [0.3, 0.4) is 0 Å². The smallest absolute Gasteiger partial charge is 0.333 e. The highest BCUT2D eigenvalue weighted by molar-refractivity contribution is 5.45. The molecule has 0 atom stereocenters. The Hall–Kier alpha value is -1.92. The number of rotatable bonds is 5. The Kier molecular flexibility index (Phi) is 3.59. The summed E-state index contributed by atoms with van der Waals surface area (Å²) in [7, 11) is 0. The SMILES string of the molecule is CCn1ccc(CNc2cn(C(F)F)nc2C)n1. The Morgan fingerprint density at radius 3 is 2.72 bits per heavy atom. The van der Waals surface area contributed by atoms with Gasteiger partial charge in [0.25, 0.3) is 0 Å². The van der Waals surface area contributed by atoms with Crippen LogP contribution >= 0.6 is 0 Å². The maximum absolute atomic E-state index is 12.4. The molecule has 18 heavy (non-hydrogen) atoms. The van der Waals surface area contributed by atoms with Gasteiger partial charge in [-0.1, -0.05) is 0 Å². The molecule has 1 N–H and O–H groups in total. The molecule has 0 saturated carbocycles. The third-order valence-electron chi connectivity index (χ3n) is 2.60. The number of hydrogen-bond acceptors (Lipinski definition) is 3. The Morgan fingerprint density at radius 2 is 2.17 bits per heavy atom. The number of halogens is 2. The summed E-state index contributed by atoms with van der Waals surface area (Å²) in [6, 6.07) is 1.89. The predicted molar refractivity (Wildman–Crippen MR) is 63.4 cm³/mol. The molecule has 2 rings (SSSR count). The van der Waals surface area contributed by atoms with Crippen LogP contribution in [-0.4, -0.2) is 19.6 Å². The van der Waals surface area contributed by atoms with Gasteiger partial charge < -0.3 is 5.32 Å². The molecule has 0 radical (unpaired) electrons. The van der Waals surface area contributed by atoms with Crippen LogP contribution in [-0.2, 0) is 13.1 Å². The standard InChI is InChI=1S/C11H15F2N5/c1-3-17-5-4-9(16-17)6-14-10-7-18(11(12)13)15-8(10)2/h4-5,7,11,14H,3,6H2,1-2H3. The molecule has 0 aliphatic heterocycles. The third kappa shape index (κ3) is 2.66. The van der Waals surface area contributed by atoms with Gasteiger partial charge in [-0.05, 0) is 19.9 Å². The molecule has 2 aromatic heterocycles. The van der Waals surface area contributed by atoms with Gasteiger partial charge in [0.1, 0.15) is 0 Å². The first-order valence-corrected chi connectivity index (χ1v) is 5.70. The van der Waals surface area contributed by atoms with Gasteiger partial charge in [0.2, 0.25) is 0 Å². The van der Waals surface area contributed by atoms with E-state index < -0.39 is 6.55 Å². The normalized spacial score (nSPS) is 11.2. The van der Waals surface area contributed by atoms with Crippen molar-refractivity contribution in [3.63, 3.8) is 0 Å². The summed E-state index contributed by atoms with van der Waals surface area (Å²) in [6.07, 6.45) is 3.18. The number of alkyl halides is 2. The van der Waals surface area contributed by atoms with Crippen molar-refractivity contribution < 1.29 is 8.78 Å². The molecule has 0 unspecified atom stereocenters. The van der Waals surface area contributed by atoms with Crippen molar-refractivity contribution >= 4 is 5.69 Å². The van der Waals surface area contributed by atoms with Gasteiger partial charge in [0.15, 0.2) is 0 Å². The van der Waals surface area contributed by atoms with Gasteiger partial charge in [-0.2, -0.15) is 19.0 Å². The maximum Gasteiger partial charge on any atom is 0.333 e. The molecule has 0 aliphatic rings. The van der Waals surface area contributed by atoms with Crippen LogP contribution in [0.25, 0.3) is 0 Å². The van der Waals surface area contributed by atoms with E-state index in [2.05, 4.69) is 15.5 Å². The number of aryl methyl sites for hydroxylation is 2. The fraction of sp³-hybridized carbons (Fsp3) is 0.455. The summed E-state index contributed by atoms with van der Waals surface area (Å²) in [5.74, 6) is 0. The lowest BCUT2D eigenvalue weighted by Gasteiger charge is -2.01. The molecular weight excluding hydrogens is 240 g/mol. The second kappa shape index (κ2) is 5.16. The van der Waals surface area contributed by atoms with E-state index in [1.165, 1.54) is 6.20 Å². The van der Waals surface area contributed by atoms with E-state index in [9.17, 15) is 8.78 Å². The van der Waals surface area contributed by atoms with Crippen molar-refractivity contribution in [1.82, 2.24) is 19.6 Å². The summed E-state index contributed by atoms with van der Waals surface area (Å²) < 4.78 is 27.3. The van der Waals surface area contributed by atoms with E-state index in [1.807, 2.05) is 23.9 Å². The van der Waals surface area contributed by atoms with Crippen molar-refractivity contribution in [3.8, 4) is 0 Å². The summed E-state index contributed by atoms with van der Waals surface area (Å²) in [4.78, 5) is 0. The molecule has 0 bridgehead atoms. The number of aromatic nitrogens is 4. The number of nitrogens with one attached hydrogen (secondary N) is 1. The van der Waals surface area contributed by atoms with Crippen molar-refractivity contribution in [2.24, 2.45) is 0 Å². The summed E-state index contributed by atoms with van der Waals surface area (Å²) in [5.41, 5.74) is 2.01. The molecule has 0 aliphatic carbocycles. The lowest BCUT2D eigenvalue weighted by Crippen LogP contribution is -2.02. The van der Waals surface area contributed by atoms with E-state index >= 15 is 0 Å². The monoisotopic (exact) mass is 255 g/mol. The number of anilines is 1. The first-order chi connectivity index (χ1) is 8.60. The topological polar surface area (TPSA) is 47.7 Å². The number of hydrogen-bond donors (Lipinski definition) is 1. The Labute approximate surface area is 103 Å². The molecule has 2 aromatic rings. The van der Waals surface area contributed by atoms with Gasteiger partial charge in [-0.25, -0.2) is 4.68 Å². The van der Waals surface area contributed by atoms with E-state index in [0.29, 0.717) is 22.6 Å². The highest BCUT2D eigenvalue weighted by Gasteiger charge is 2.11. The Bertz CT molecular complexity index is 517. The minimum absolute atomic E-state index is 0.489. The molecule has 0 amide bonds. The van der Waals surface area contributed by atoms with Crippen molar-refractivity contribution in [1.29, 1.82) is 0 Å². The molecule has 0 spiro atoms. The maximum atomic E-state index is 12.4. The highest BCUT2D eigenvalue weighted by atomic mass is 19.3. The minimum Gasteiger partial charge on any atom is -0.377 e. The first-order valence-electron chi connectivity index (χ1n) is 5.70. The molecular formula is C11H15F2N5. The fourth-order valence-corrected chi connectivity index (χ4v) is 1.62. The van der Waals surface area contributed by atoms with Crippen molar-refractivity contribution in [3.05, 3.63) is 29.8 Å². The lowest BCUT2D eigenvalue weighted by molar-refractivity contribution is 0.0563. The third-order valence-corrected chi connectivity index (χ3v) is 2.60. The largest absolute Gasteiger partial charge is 0.377 e. The average Bonchev–Trinajstić information content (AvgIpc) is 2.93. The van der Waals surface area contributed by atoms with Gasteiger partial charge in [-0.15, -0.1) is 0 Å². The van der Waals surface area contributed by atoms with Gasteiger partial charge >= 0.3 is 6.55 Å². The van der Waals surface area contributed by atoms with Crippen LogP contribution in [0.4, 0.5) is 14.5 Å². The van der Waals surface area contributed by atoms with Gasteiger partial charge in [-0.3, -0.25) is 4.68 Å². The van der Waals surface area contributed by atoms with E-state index in [4.69, 9.17) is 0 Å². The van der Waals surface area contributed by atoms with E-state index in [0.717, 1.165) is 12.2 Å². The van der Waals surface area contributed by atoms with Crippen LogP contribution in [0.15, 0.2) is 18.5 Å². The van der Waals surface area contributed by atoms with Crippen LogP contribution in [0.2, 0.25) is 0 Å². The predicted octanol–water partition coefficient (Wildman–Crippen LogP) is 2.42. The second-order valence-corrected chi connectivity index (χ2v) is 3.90. The second-order valence-electron chi connectivity index (χ2n) is 3.90. The number of nitrogens with zero attached hydrogens (tertiary/aromatic N) is 4. The van der Waals surface area contributed by atoms with Gasteiger partial charge in [0.05, 0.1) is 29.8 Å². The summed E-state index contributed by atoms with van der Waals surface area (Å²) >= 11 is 0. The van der Waals surface area contributed by atoms with E-state index in [-0.39, 0.29) is 0 Å². The quantitative estimate of drug-likeness (QED) is 0.892. The first kappa shape index (κ1) is 12.5. The molecule has 7 heteroatoms. The van der Waals surface area contributed by atoms with Crippen molar-refractivity contribution in [2.45, 2.75) is 33.5 Å². The lowest BCUT2D eigenvalue weighted by atomic mass is 10.3. The zero-order valence-corrected chi connectivity index (χ0v) is 10.3. The fourth-order valence-electron chi connectivity index (χ4n) is 1.62. The zero-order chi connectivity index (χ0) is 13.1. The van der Waals surface area contributed by atoms with Crippen LogP contribution in [0, 0.1) is 6.92 Å². The van der Waals surface area contributed by atoms with Crippen LogP contribution in [0.1, 0.15) is 24.9 Å². The highest BCUT2D eigenvalue weighted by Crippen LogP contribution is 2.18. The van der Waals surface area contributed by atoms with E-state index in [1.54, 1.807) is 6.92 Å². The summed E-state index contributed by atoms with van der Waals surface area (Å²) in [5, 5.41) is 11.1. The molecule has 0 aromatic carbocycles. The zero-order valence-electron chi connectivity index (χ0n) is 10.3. The Morgan fingerprint density at radius 1 is 1.39 bits per heavy atom.